The molecule has 0 aliphatic carbocycles. The molecule has 0 atom stereocenters. The normalized spacial score (nSPS) is 16.1. The second-order valence-corrected chi connectivity index (χ2v) is 14.9. The number of rotatable bonds is 22. The highest BCUT2D eigenvalue weighted by atomic mass is 16.5. The average molecular weight is 749 g/mol. The number of unbranched alkanes of at least 4 members (excludes halogenated alkanes) is 2. The van der Waals surface area contributed by atoms with Gasteiger partial charge in [0.05, 0.1) is 87.0 Å². The number of azo groups is 3. The molecule has 0 radical (unpaired) electrons. The van der Waals surface area contributed by atoms with Crippen molar-refractivity contribution < 1.29 is 28.4 Å². The molecule has 0 N–H and O–H groups in total. The van der Waals surface area contributed by atoms with Gasteiger partial charge in [0.15, 0.2) is 0 Å². The van der Waals surface area contributed by atoms with Crippen molar-refractivity contribution >= 4 is 34.1 Å². The van der Waals surface area contributed by atoms with Gasteiger partial charge in [-0.1, -0.05) is 13.8 Å². The summed E-state index contributed by atoms with van der Waals surface area (Å²) in [6.07, 6.45) is 3.80. The lowest BCUT2D eigenvalue weighted by Gasteiger charge is -2.37. The van der Waals surface area contributed by atoms with E-state index in [1.807, 2.05) is 97.9 Å². The Morgan fingerprint density at radius 1 is 0.473 bits per heavy atom. The molecule has 4 aromatic rings. The van der Waals surface area contributed by atoms with Gasteiger partial charge in [-0.3, -0.25) is 0 Å². The summed E-state index contributed by atoms with van der Waals surface area (Å²) in [5, 5.41) is 26.3. The molecule has 2 fully saturated rings. The van der Waals surface area contributed by atoms with Crippen LogP contribution in [0.4, 0.5) is 34.1 Å². The van der Waals surface area contributed by atoms with Crippen molar-refractivity contribution in [2.45, 2.75) is 46.5 Å². The highest BCUT2D eigenvalue weighted by Crippen LogP contribution is 2.30. The zero-order chi connectivity index (χ0) is 38.2. The third kappa shape index (κ3) is 13.1. The Morgan fingerprint density at radius 3 is 1.24 bits per heavy atom. The summed E-state index contributed by atoms with van der Waals surface area (Å²) in [4.78, 5) is 0. The van der Waals surface area contributed by atoms with Gasteiger partial charge < -0.3 is 28.4 Å². The summed E-state index contributed by atoms with van der Waals surface area (Å²) in [6, 6.07) is 28.4. The third-order valence-electron chi connectivity index (χ3n) is 9.15. The highest BCUT2D eigenvalue weighted by molar-refractivity contribution is 5.54. The molecule has 4 aromatic carbocycles. The summed E-state index contributed by atoms with van der Waals surface area (Å²) in [5.41, 5.74) is 5.74. The summed E-state index contributed by atoms with van der Waals surface area (Å²) in [7, 11) is 0. The summed E-state index contributed by atoms with van der Waals surface area (Å²) >= 11 is 0. The Labute approximate surface area is 324 Å². The van der Waals surface area contributed by atoms with Gasteiger partial charge in [-0.2, -0.15) is 30.7 Å². The van der Waals surface area contributed by atoms with Gasteiger partial charge in [0.2, 0.25) is 0 Å². The molecule has 0 spiro atoms. The van der Waals surface area contributed by atoms with E-state index in [2.05, 4.69) is 44.5 Å². The minimum atomic E-state index is 0.198. The molecule has 2 heterocycles. The van der Waals surface area contributed by atoms with Crippen molar-refractivity contribution in [3.05, 3.63) is 96.6 Å². The first-order valence-electron chi connectivity index (χ1n) is 19.1. The van der Waals surface area contributed by atoms with E-state index in [0.717, 1.165) is 124 Å². The molecule has 0 bridgehead atoms. The van der Waals surface area contributed by atoms with Crippen molar-refractivity contribution in [2.75, 3.05) is 66.1 Å². The van der Waals surface area contributed by atoms with Gasteiger partial charge in [-0.15, -0.1) is 0 Å². The predicted molar refractivity (Wildman–Crippen MR) is 212 cm³/mol. The van der Waals surface area contributed by atoms with Crippen LogP contribution in [0.3, 0.4) is 0 Å². The third-order valence-corrected chi connectivity index (χ3v) is 9.15. The molecule has 0 unspecified atom stereocenters. The van der Waals surface area contributed by atoms with E-state index in [1.165, 1.54) is 0 Å². The van der Waals surface area contributed by atoms with E-state index in [-0.39, 0.29) is 10.8 Å². The Bertz CT molecular complexity index is 1860. The molecule has 2 aliphatic heterocycles. The topological polar surface area (TPSA) is 130 Å². The van der Waals surface area contributed by atoms with Gasteiger partial charge in [0.25, 0.3) is 0 Å². The molecule has 2 aliphatic rings. The Balaban J connectivity index is 0.869. The molecule has 2 saturated heterocycles. The van der Waals surface area contributed by atoms with Crippen LogP contribution in [-0.2, 0) is 18.9 Å². The number of hydrogen-bond donors (Lipinski definition) is 0. The van der Waals surface area contributed by atoms with E-state index < -0.39 is 0 Å². The van der Waals surface area contributed by atoms with Crippen LogP contribution in [0.25, 0.3) is 0 Å². The quantitative estimate of drug-likeness (QED) is 0.0581. The minimum absolute atomic E-state index is 0.198. The lowest BCUT2D eigenvalue weighted by Crippen LogP contribution is -2.43. The van der Waals surface area contributed by atoms with Crippen LogP contribution in [0.2, 0.25) is 0 Å². The van der Waals surface area contributed by atoms with Crippen molar-refractivity contribution in [3.63, 3.8) is 0 Å². The number of ether oxygens (including phenoxy) is 6. The average Bonchev–Trinajstić information content (AvgIpc) is 3.18. The fourth-order valence-corrected chi connectivity index (χ4v) is 5.66. The van der Waals surface area contributed by atoms with Crippen LogP contribution >= 0.6 is 0 Å². The maximum atomic E-state index is 5.87. The SMILES string of the molecule is Cc1cc(N=Nc2ccc(OCCCCOCC3(C)COC3)cc2)ccc1N=Nc1ccc(N=Nc2ccc(OCCCCOCC3(C)COC3)cc2)cc1. The maximum absolute atomic E-state index is 5.87. The molecule has 55 heavy (non-hydrogen) atoms. The minimum Gasteiger partial charge on any atom is -0.494 e. The first-order chi connectivity index (χ1) is 26.8. The lowest BCUT2D eigenvalue weighted by atomic mass is 9.90. The van der Waals surface area contributed by atoms with Crippen LogP contribution in [-0.4, -0.2) is 66.1 Å². The van der Waals surface area contributed by atoms with E-state index in [0.29, 0.717) is 18.9 Å². The molecular weight excluding hydrogens is 697 g/mol. The molecule has 6 rings (SSSR count). The monoisotopic (exact) mass is 748 g/mol. The molecule has 0 amide bonds. The zero-order valence-electron chi connectivity index (χ0n) is 32.2. The maximum Gasteiger partial charge on any atom is 0.119 e. The van der Waals surface area contributed by atoms with Crippen LogP contribution in [0.1, 0.15) is 45.1 Å². The Morgan fingerprint density at radius 2 is 0.836 bits per heavy atom. The highest BCUT2D eigenvalue weighted by Gasteiger charge is 2.34. The standard InChI is InChI=1S/C43H52N6O6/c1-33-26-38(48-46-37-14-19-40(20-15-37)55-25-7-5-23-51-28-43(3)31-53-32-43)16-21-41(33)49-47-35-10-8-34(9-11-35)44-45-36-12-17-39(18-13-36)54-24-6-4-22-50-27-42(2)29-52-30-42/h8-21,26H,4-7,22-25,27-32H2,1-3H3. The largest absolute Gasteiger partial charge is 0.494 e. The Hall–Kier alpha value is -4.88. The van der Waals surface area contributed by atoms with Gasteiger partial charge in [-0.05, 0) is 129 Å². The van der Waals surface area contributed by atoms with Crippen molar-refractivity contribution in [1.29, 1.82) is 0 Å². The van der Waals surface area contributed by atoms with Crippen molar-refractivity contribution in [3.8, 4) is 11.5 Å². The van der Waals surface area contributed by atoms with E-state index in [9.17, 15) is 0 Å². The first kappa shape index (κ1) is 39.8. The second kappa shape index (κ2) is 20.2. The number of hydrogen-bond acceptors (Lipinski definition) is 12. The van der Waals surface area contributed by atoms with Crippen LogP contribution in [0.15, 0.2) is 122 Å². The van der Waals surface area contributed by atoms with Gasteiger partial charge in [0.1, 0.15) is 11.5 Å². The first-order valence-corrected chi connectivity index (χ1v) is 19.1. The summed E-state index contributed by atoms with van der Waals surface area (Å²) in [5.74, 6) is 1.62. The number of aryl methyl sites for hydroxylation is 1. The number of nitrogens with zero attached hydrogens (tertiary/aromatic N) is 6. The molecule has 0 saturated carbocycles. The summed E-state index contributed by atoms with van der Waals surface area (Å²) in [6.45, 7) is 13.8. The zero-order valence-corrected chi connectivity index (χ0v) is 32.2. The summed E-state index contributed by atoms with van der Waals surface area (Å²) < 4.78 is 33.8. The van der Waals surface area contributed by atoms with Crippen LogP contribution < -0.4 is 9.47 Å². The van der Waals surface area contributed by atoms with Crippen LogP contribution in [0, 0.1) is 17.8 Å². The van der Waals surface area contributed by atoms with Gasteiger partial charge in [-0.25, -0.2) is 0 Å². The fourth-order valence-electron chi connectivity index (χ4n) is 5.66. The van der Waals surface area contributed by atoms with Crippen LogP contribution in [0.5, 0.6) is 11.5 Å². The smallest absolute Gasteiger partial charge is 0.119 e. The van der Waals surface area contributed by atoms with E-state index >= 15 is 0 Å². The number of benzene rings is 4. The second-order valence-electron chi connectivity index (χ2n) is 14.9. The molecule has 0 aromatic heterocycles. The van der Waals surface area contributed by atoms with Gasteiger partial charge in [0, 0.05) is 24.0 Å². The van der Waals surface area contributed by atoms with Gasteiger partial charge >= 0.3 is 0 Å². The lowest BCUT2D eigenvalue weighted by molar-refractivity contribution is -0.138. The van der Waals surface area contributed by atoms with E-state index in [4.69, 9.17) is 28.4 Å². The molecule has 290 valence electrons. The Kier molecular flexibility index (Phi) is 14.6. The van der Waals surface area contributed by atoms with E-state index in [1.54, 1.807) is 0 Å². The molecule has 12 heteroatoms. The molecular formula is C43H52N6O6. The van der Waals surface area contributed by atoms with Crippen molar-refractivity contribution in [1.82, 2.24) is 0 Å². The molecule has 12 nitrogen and oxygen atoms in total. The predicted octanol–water partition coefficient (Wildman–Crippen LogP) is 11.7. The van der Waals surface area contributed by atoms with Crippen molar-refractivity contribution in [2.24, 2.45) is 41.5 Å². The fraction of sp³-hybridized carbons (Fsp3) is 0.442.